The van der Waals surface area contributed by atoms with E-state index in [2.05, 4.69) is 10.6 Å². The maximum atomic E-state index is 12.6. The molecule has 0 heterocycles. The second-order valence-corrected chi connectivity index (χ2v) is 7.21. The fourth-order valence-corrected chi connectivity index (χ4v) is 3.05. The van der Waals surface area contributed by atoms with Crippen LogP contribution in [0.4, 0.5) is 11.4 Å². The van der Waals surface area contributed by atoms with Gasteiger partial charge in [-0.25, -0.2) is 0 Å². The zero-order chi connectivity index (χ0) is 22.8. The van der Waals surface area contributed by atoms with Gasteiger partial charge in [-0.15, -0.1) is 0 Å². The molecule has 3 aromatic rings. The monoisotopic (exact) mass is 432 g/mol. The predicted molar refractivity (Wildman–Crippen MR) is 126 cm³/mol. The smallest absolute Gasteiger partial charge is 0.265 e. The molecule has 0 spiro atoms. The van der Waals surface area contributed by atoms with Crippen molar-refractivity contribution in [3.05, 3.63) is 84.9 Å². The van der Waals surface area contributed by atoms with Crippen molar-refractivity contribution >= 4 is 23.2 Å². The number of hydrogen-bond acceptors (Lipinski definition) is 4. The third-order valence-electron chi connectivity index (χ3n) is 4.79. The molecule has 0 bridgehead atoms. The van der Waals surface area contributed by atoms with Crippen molar-refractivity contribution < 1.29 is 19.1 Å². The SMILES string of the molecule is CC[C@@H](Oc1ccccc1)C(=O)Nc1ccc(NC(=O)[C@@H](CC)Oc2ccccc2)cc1. The summed E-state index contributed by atoms with van der Waals surface area (Å²) in [6.45, 7) is 3.79. The molecule has 3 rings (SSSR count). The van der Waals surface area contributed by atoms with Crippen molar-refractivity contribution in [2.75, 3.05) is 10.6 Å². The Morgan fingerprint density at radius 1 is 0.625 bits per heavy atom. The highest BCUT2D eigenvalue weighted by Crippen LogP contribution is 2.18. The van der Waals surface area contributed by atoms with Crippen LogP contribution >= 0.6 is 0 Å². The van der Waals surface area contributed by atoms with Crippen LogP contribution in [0.2, 0.25) is 0 Å². The molecule has 2 amide bonds. The summed E-state index contributed by atoms with van der Waals surface area (Å²) in [5, 5.41) is 5.72. The molecular formula is C26H28N2O4. The Morgan fingerprint density at radius 2 is 0.969 bits per heavy atom. The molecule has 0 unspecified atom stereocenters. The number of amides is 2. The van der Waals surface area contributed by atoms with E-state index in [1.54, 1.807) is 24.3 Å². The third kappa shape index (κ3) is 6.60. The molecule has 32 heavy (non-hydrogen) atoms. The minimum absolute atomic E-state index is 0.226. The molecule has 0 aromatic heterocycles. The van der Waals surface area contributed by atoms with Gasteiger partial charge in [0.2, 0.25) is 0 Å². The minimum atomic E-state index is -0.600. The Morgan fingerprint density at radius 3 is 1.28 bits per heavy atom. The van der Waals surface area contributed by atoms with Crippen LogP contribution in [0.15, 0.2) is 84.9 Å². The van der Waals surface area contributed by atoms with Crippen molar-refractivity contribution in [2.45, 2.75) is 38.9 Å². The molecule has 6 nitrogen and oxygen atoms in total. The van der Waals surface area contributed by atoms with Gasteiger partial charge >= 0.3 is 0 Å². The predicted octanol–water partition coefficient (Wildman–Crippen LogP) is 5.28. The highest BCUT2D eigenvalue weighted by molar-refractivity contribution is 5.96. The second kappa shape index (κ2) is 11.6. The summed E-state index contributed by atoms with van der Waals surface area (Å²) in [7, 11) is 0. The maximum Gasteiger partial charge on any atom is 0.265 e. The largest absolute Gasteiger partial charge is 0.481 e. The van der Waals surface area contributed by atoms with Crippen molar-refractivity contribution in [1.29, 1.82) is 0 Å². The number of carbonyl (C=O) groups excluding carboxylic acids is 2. The average molecular weight is 433 g/mol. The van der Waals surface area contributed by atoms with Crippen LogP contribution in [-0.4, -0.2) is 24.0 Å². The van der Waals surface area contributed by atoms with E-state index in [0.29, 0.717) is 35.7 Å². The van der Waals surface area contributed by atoms with Gasteiger partial charge in [0, 0.05) is 11.4 Å². The summed E-state index contributed by atoms with van der Waals surface area (Å²) >= 11 is 0. The summed E-state index contributed by atoms with van der Waals surface area (Å²) in [6.07, 6.45) is -0.127. The van der Waals surface area contributed by atoms with Crippen LogP contribution in [0.25, 0.3) is 0 Å². The molecule has 0 aliphatic heterocycles. The first-order valence-electron chi connectivity index (χ1n) is 10.7. The Bertz CT molecular complexity index is 909. The summed E-state index contributed by atoms with van der Waals surface area (Å²) in [6, 6.07) is 25.5. The van der Waals surface area contributed by atoms with Crippen LogP contribution in [0.5, 0.6) is 11.5 Å². The van der Waals surface area contributed by atoms with Crippen molar-refractivity contribution in [3.63, 3.8) is 0 Å². The zero-order valence-electron chi connectivity index (χ0n) is 18.3. The maximum absolute atomic E-state index is 12.6. The van der Waals surface area contributed by atoms with Crippen LogP contribution in [0.1, 0.15) is 26.7 Å². The van der Waals surface area contributed by atoms with E-state index in [0.717, 1.165) is 0 Å². The second-order valence-electron chi connectivity index (χ2n) is 7.21. The first-order chi connectivity index (χ1) is 15.6. The molecule has 166 valence electrons. The number of para-hydroxylation sites is 2. The standard InChI is InChI=1S/C26H28N2O4/c1-3-23(31-21-11-7-5-8-12-21)25(29)27-19-15-17-20(18-16-19)28-26(30)24(4-2)32-22-13-9-6-10-14-22/h5-18,23-24H,3-4H2,1-2H3,(H,27,29)(H,28,30)/t23-,24-/m1/s1. The molecule has 3 aromatic carbocycles. The first kappa shape index (κ1) is 22.9. The van der Waals surface area contributed by atoms with E-state index < -0.39 is 12.2 Å². The number of nitrogens with one attached hydrogen (secondary N) is 2. The summed E-state index contributed by atoms with van der Waals surface area (Å²) in [5.74, 6) is 0.845. The number of carbonyl (C=O) groups is 2. The topological polar surface area (TPSA) is 76.7 Å². The fourth-order valence-electron chi connectivity index (χ4n) is 3.05. The third-order valence-corrected chi connectivity index (χ3v) is 4.79. The van der Waals surface area contributed by atoms with E-state index >= 15 is 0 Å². The lowest BCUT2D eigenvalue weighted by molar-refractivity contribution is -0.123. The number of ether oxygens (including phenoxy) is 2. The highest BCUT2D eigenvalue weighted by atomic mass is 16.5. The molecule has 0 saturated heterocycles. The number of hydrogen-bond donors (Lipinski definition) is 2. The van der Waals surface area contributed by atoms with Crippen molar-refractivity contribution in [3.8, 4) is 11.5 Å². The molecular weight excluding hydrogens is 404 g/mol. The highest BCUT2D eigenvalue weighted by Gasteiger charge is 2.20. The lowest BCUT2D eigenvalue weighted by atomic mass is 10.2. The molecule has 2 atom stereocenters. The Balaban J connectivity index is 1.55. The van der Waals surface area contributed by atoms with Crippen molar-refractivity contribution in [1.82, 2.24) is 0 Å². The van der Waals surface area contributed by atoms with Gasteiger partial charge in [0.05, 0.1) is 0 Å². The van der Waals surface area contributed by atoms with Gasteiger partial charge in [-0.1, -0.05) is 50.2 Å². The molecule has 0 radical (unpaired) electrons. The van der Waals surface area contributed by atoms with E-state index in [4.69, 9.17) is 9.47 Å². The van der Waals surface area contributed by atoms with Gasteiger partial charge in [0.1, 0.15) is 11.5 Å². The number of rotatable bonds is 10. The number of benzene rings is 3. The van der Waals surface area contributed by atoms with Crippen molar-refractivity contribution in [2.24, 2.45) is 0 Å². The summed E-state index contributed by atoms with van der Waals surface area (Å²) in [5.41, 5.74) is 1.24. The summed E-state index contributed by atoms with van der Waals surface area (Å²) in [4.78, 5) is 25.2. The van der Waals surface area contributed by atoms with Crippen LogP contribution in [0, 0.1) is 0 Å². The number of anilines is 2. The van der Waals surface area contributed by atoms with Gasteiger partial charge in [0.25, 0.3) is 11.8 Å². The molecule has 0 aliphatic rings. The fraction of sp³-hybridized carbons (Fsp3) is 0.231. The normalized spacial score (nSPS) is 12.3. The van der Waals surface area contributed by atoms with Gasteiger partial charge in [-0.3, -0.25) is 9.59 Å². The van der Waals surface area contributed by atoms with E-state index in [1.165, 1.54) is 0 Å². The quantitative estimate of drug-likeness (QED) is 0.457. The molecule has 0 aliphatic carbocycles. The molecule has 6 heteroatoms. The molecule has 0 saturated carbocycles. The molecule has 0 fully saturated rings. The van der Waals surface area contributed by atoms with Gasteiger partial charge < -0.3 is 20.1 Å². The van der Waals surface area contributed by atoms with Gasteiger partial charge in [-0.2, -0.15) is 0 Å². The summed E-state index contributed by atoms with van der Waals surface area (Å²) < 4.78 is 11.6. The van der Waals surface area contributed by atoms with E-state index in [1.807, 2.05) is 74.5 Å². The average Bonchev–Trinajstić information content (AvgIpc) is 2.83. The van der Waals surface area contributed by atoms with E-state index in [9.17, 15) is 9.59 Å². The zero-order valence-corrected chi connectivity index (χ0v) is 18.3. The Labute approximate surface area is 188 Å². The minimum Gasteiger partial charge on any atom is -0.481 e. The van der Waals surface area contributed by atoms with Crippen LogP contribution in [0.3, 0.4) is 0 Å². The van der Waals surface area contributed by atoms with E-state index in [-0.39, 0.29) is 11.8 Å². The Hall–Kier alpha value is -3.80. The van der Waals surface area contributed by atoms with Gasteiger partial charge in [-0.05, 0) is 61.4 Å². The lowest BCUT2D eigenvalue weighted by Crippen LogP contribution is -2.32. The molecule has 2 N–H and O–H groups in total. The van der Waals surface area contributed by atoms with Gasteiger partial charge in [0.15, 0.2) is 12.2 Å². The van der Waals surface area contributed by atoms with Crippen LogP contribution in [-0.2, 0) is 9.59 Å². The lowest BCUT2D eigenvalue weighted by Gasteiger charge is -2.18. The Kier molecular flexibility index (Phi) is 8.26. The van der Waals surface area contributed by atoms with Crippen LogP contribution < -0.4 is 20.1 Å². The first-order valence-corrected chi connectivity index (χ1v) is 10.7.